The lowest BCUT2D eigenvalue weighted by Crippen LogP contribution is -2.38. The van der Waals surface area contributed by atoms with Crippen LogP contribution in [0.4, 0.5) is 0 Å². The summed E-state index contributed by atoms with van der Waals surface area (Å²) in [6.45, 7) is 2.97. The van der Waals surface area contributed by atoms with Crippen molar-refractivity contribution in [3.8, 4) is 5.75 Å². The van der Waals surface area contributed by atoms with E-state index >= 15 is 0 Å². The van der Waals surface area contributed by atoms with Gasteiger partial charge in [0.05, 0.1) is 0 Å². The van der Waals surface area contributed by atoms with Gasteiger partial charge in [-0.05, 0) is 17.7 Å². The number of carbonyl (C=O) groups is 1. The Labute approximate surface area is 87.4 Å². The van der Waals surface area contributed by atoms with Crippen LogP contribution in [0.2, 0.25) is 0 Å². The van der Waals surface area contributed by atoms with Crippen molar-refractivity contribution in [1.29, 1.82) is 0 Å². The zero-order valence-corrected chi connectivity index (χ0v) is 8.57. The predicted molar refractivity (Wildman–Crippen MR) is 51.0 cm³/mol. The molecule has 15 heavy (non-hydrogen) atoms. The Balaban J connectivity index is 2.46. The minimum Gasteiger partial charge on any atom is -0.452 e. The molecule has 1 aromatic carbocycles. The molecule has 0 saturated carbocycles. The van der Waals surface area contributed by atoms with Gasteiger partial charge in [-0.25, -0.2) is 9.90 Å². The summed E-state index contributed by atoms with van der Waals surface area (Å²) in [7, 11) is 0. The van der Waals surface area contributed by atoms with E-state index in [1.165, 1.54) is 6.07 Å². The average molecular weight is 207 g/mol. The van der Waals surface area contributed by atoms with Gasteiger partial charge >= 0.3 is 5.97 Å². The zero-order chi connectivity index (χ0) is 11.1. The maximum atomic E-state index is 11.6. The third-order valence-corrected chi connectivity index (χ3v) is 2.12. The largest absolute Gasteiger partial charge is 0.452 e. The van der Waals surface area contributed by atoms with E-state index in [2.05, 4.69) is 0 Å². The van der Waals surface area contributed by atoms with Gasteiger partial charge in [0, 0.05) is 13.8 Å². The molecule has 0 aromatic heterocycles. The Morgan fingerprint density at radius 1 is 1.27 bits per heavy atom. The average Bonchev–Trinajstić information content (AvgIpc) is 2.15. The lowest BCUT2D eigenvalue weighted by atomic mass is 10.1. The number of rotatable bonds is 1. The number of carbonyl (C=O) groups excluding carboxylic acids is 1. The summed E-state index contributed by atoms with van der Waals surface area (Å²) >= 11 is 0. The molecule has 0 N–H and O–H groups in total. The maximum Gasteiger partial charge on any atom is 0.345 e. The number of fused-ring (bicyclic) bond motifs is 1. The van der Waals surface area contributed by atoms with Crippen molar-refractivity contribution in [3.05, 3.63) is 29.3 Å². The van der Waals surface area contributed by atoms with Crippen molar-refractivity contribution < 1.29 is 19.4 Å². The van der Waals surface area contributed by atoms with Crippen LogP contribution in [-0.4, -0.2) is 11.8 Å². The highest BCUT2D eigenvalue weighted by molar-refractivity contribution is 5.93. The van der Waals surface area contributed by atoms with Crippen molar-refractivity contribution in [2.75, 3.05) is 0 Å². The van der Waals surface area contributed by atoms with E-state index in [0.29, 0.717) is 16.9 Å². The van der Waals surface area contributed by atoms with Crippen molar-refractivity contribution in [2.24, 2.45) is 0 Å². The van der Waals surface area contributed by atoms with Crippen LogP contribution in [0.1, 0.15) is 29.8 Å². The quantitative estimate of drug-likeness (QED) is 0.661. The SMILES string of the molecule is CC1(C)OC(=O)c2cc(C[O])ccc2O1. The van der Waals surface area contributed by atoms with Crippen molar-refractivity contribution in [2.45, 2.75) is 26.2 Å². The first kappa shape index (κ1) is 9.98. The lowest BCUT2D eigenvalue weighted by Gasteiger charge is -2.31. The number of hydrogen-bond acceptors (Lipinski definition) is 3. The zero-order valence-electron chi connectivity index (χ0n) is 8.57. The van der Waals surface area contributed by atoms with Crippen LogP contribution >= 0.6 is 0 Å². The second-order valence-corrected chi connectivity index (χ2v) is 3.87. The first-order valence-corrected chi connectivity index (χ1v) is 4.65. The van der Waals surface area contributed by atoms with Gasteiger partial charge in [0.2, 0.25) is 5.79 Å². The van der Waals surface area contributed by atoms with E-state index in [0.717, 1.165) is 0 Å². The van der Waals surface area contributed by atoms with E-state index in [1.54, 1.807) is 26.0 Å². The third kappa shape index (κ3) is 1.80. The molecule has 2 rings (SSSR count). The maximum absolute atomic E-state index is 11.6. The monoisotopic (exact) mass is 207 g/mol. The summed E-state index contributed by atoms with van der Waals surface area (Å²) in [5.74, 6) is -0.923. The second-order valence-electron chi connectivity index (χ2n) is 3.87. The topological polar surface area (TPSA) is 55.4 Å². The molecule has 0 saturated heterocycles. The fourth-order valence-corrected chi connectivity index (χ4v) is 1.48. The molecule has 0 fully saturated rings. The van der Waals surface area contributed by atoms with Crippen molar-refractivity contribution in [1.82, 2.24) is 0 Å². The minimum atomic E-state index is -0.941. The van der Waals surface area contributed by atoms with Crippen LogP contribution in [0.15, 0.2) is 18.2 Å². The highest BCUT2D eigenvalue weighted by Crippen LogP contribution is 2.31. The molecule has 1 heterocycles. The van der Waals surface area contributed by atoms with E-state index in [9.17, 15) is 9.90 Å². The number of esters is 1. The summed E-state index contributed by atoms with van der Waals surface area (Å²) in [6, 6.07) is 4.80. The molecule has 1 radical (unpaired) electrons. The van der Waals surface area contributed by atoms with Crippen LogP contribution in [0, 0.1) is 0 Å². The highest BCUT2D eigenvalue weighted by atomic mass is 16.7. The van der Waals surface area contributed by atoms with Gasteiger partial charge in [0.15, 0.2) is 0 Å². The molecule has 1 aliphatic rings. The normalized spacial score (nSPS) is 17.7. The lowest BCUT2D eigenvalue weighted by molar-refractivity contribution is -0.127. The van der Waals surface area contributed by atoms with Gasteiger partial charge in [-0.3, -0.25) is 0 Å². The van der Waals surface area contributed by atoms with Crippen LogP contribution in [-0.2, 0) is 16.5 Å². The molecule has 0 bridgehead atoms. The fraction of sp³-hybridized carbons (Fsp3) is 0.364. The Hall–Kier alpha value is -1.55. The molecule has 0 spiro atoms. The first-order valence-electron chi connectivity index (χ1n) is 4.65. The van der Waals surface area contributed by atoms with Gasteiger partial charge in [-0.2, -0.15) is 0 Å². The number of ether oxygens (including phenoxy) is 2. The molecule has 4 nitrogen and oxygen atoms in total. The first-order chi connectivity index (χ1) is 7.02. The molecule has 0 aliphatic carbocycles. The van der Waals surface area contributed by atoms with Gasteiger partial charge in [-0.1, -0.05) is 6.07 Å². The predicted octanol–water partition coefficient (Wildman–Crippen LogP) is 1.90. The Morgan fingerprint density at radius 2 is 2.00 bits per heavy atom. The van der Waals surface area contributed by atoms with Gasteiger partial charge in [0.25, 0.3) is 0 Å². The van der Waals surface area contributed by atoms with Crippen LogP contribution < -0.4 is 4.74 Å². The Morgan fingerprint density at radius 3 is 2.67 bits per heavy atom. The van der Waals surface area contributed by atoms with Gasteiger partial charge in [-0.15, -0.1) is 0 Å². The summed E-state index contributed by atoms with van der Waals surface area (Å²) in [6.07, 6.45) is 0. The van der Waals surface area contributed by atoms with Crippen molar-refractivity contribution >= 4 is 5.97 Å². The Bertz CT molecular complexity index is 409. The molecule has 1 aromatic rings. The van der Waals surface area contributed by atoms with E-state index in [1.807, 2.05) is 0 Å². The molecular weight excluding hydrogens is 196 g/mol. The number of benzene rings is 1. The minimum absolute atomic E-state index is 0.322. The number of cyclic esters (lactones) is 1. The van der Waals surface area contributed by atoms with Crippen LogP contribution in [0.25, 0.3) is 0 Å². The highest BCUT2D eigenvalue weighted by Gasteiger charge is 2.33. The van der Waals surface area contributed by atoms with Crippen LogP contribution in [0.3, 0.4) is 0 Å². The molecule has 79 valence electrons. The number of hydrogen-bond donors (Lipinski definition) is 0. The molecule has 0 amide bonds. The molecule has 4 heteroatoms. The second kappa shape index (κ2) is 3.24. The smallest absolute Gasteiger partial charge is 0.345 e. The van der Waals surface area contributed by atoms with E-state index < -0.39 is 11.8 Å². The van der Waals surface area contributed by atoms with Crippen LogP contribution in [0.5, 0.6) is 5.75 Å². The third-order valence-electron chi connectivity index (χ3n) is 2.12. The fourth-order valence-electron chi connectivity index (χ4n) is 1.48. The van der Waals surface area contributed by atoms with E-state index in [4.69, 9.17) is 9.47 Å². The summed E-state index contributed by atoms with van der Waals surface area (Å²) in [5, 5.41) is 10.7. The summed E-state index contributed by atoms with van der Waals surface area (Å²) < 4.78 is 10.5. The standard InChI is InChI=1S/C11H11O4/c1-11(2)14-9-4-3-7(6-12)5-8(9)10(13)15-11/h3-5H,6H2,1-2H3. The molecule has 1 aliphatic heterocycles. The van der Waals surface area contributed by atoms with E-state index in [-0.39, 0.29) is 6.61 Å². The van der Waals surface area contributed by atoms with Gasteiger partial charge < -0.3 is 9.47 Å². The Kier molecular flexibility index (Phi) is 2.16. The summed E-state index contributed by atoms with van der Waals surface area (Å²) in [4.78, 5) is 11.6. The van der Waals surface area contributed by atoms with Crippen molar-refractivity contribution in [3.63, 3.8) is 0 Å². The molecule has 0 unspecified atom stereocenters. The molecular formula is C11H11O4. The van der Waals surface area contributed by atoms with Gasteiger partial charge in [0.1, 0.15) is 17.9 Å². The summed E-state index contributed by atoms with van der Waals surface area (Å²) in [5.41, 5.74) is 0.872. The molecule has 0 atom stereocenters.